The maximum Gasteiger partial charge on any atom is 0.273 e. The van der Waals surface area contributed by atoms with E-state index in [4.69, 9.17) is 23.8 Å². The van der Waals surface area contributed by atoms with Crippen LogP contribution in [0.5, 0.6) is 0 Å². The zero-order chi connectivity index (χ0) is 21.8. The molecule has 0 aliphatic carbocycles. The van der Waals surface area contributed by atoms with Crippen molar-refractivity contribution in [1.29, 1.82) is 0 Å². The van der Waals surface area contributed by atoms with Gasteiger partial charge in [-0.1, -0.05) is 17.7 Å². The van der Waals surface area contributed by atoms with Crippen LogP contribution in [0.25, 0.3) is 0 Å². The number of hydrogen-bond donors (Lipinski definition) is 2. The Labute approximate surface area is 184 Å². The van der Waals surface area contributed by atoms with Crippen molar-refractivity contribution >= 4 is 51.9 Å². The summed E-state index contributed by atoms with van der Waals surface area (Å²) in [6.45, 7) is 5.37. The van der Waals surface area contributed by atoms with Crippen LogP contribution in [-0.4, -0.2) is 54.1 Å². The van der Waals surface area contributed by atoms with Crippen molar-refractivity contribution in [1.82, 2.24) is 10.2 Å². The van der Waals surface area contributed by atoms with Crippen molar-refractivity contribution in [3.05, 3.63) is 62.7 Å². The van der Waals surface area contributed by atoms with Gasteiger partial charge >= 0.3 is 0 Å². The summed E-state index contributed by atoms with van der Waals surface area (Å²) in [5, 5.41) is 17.2. The number of anilines is 2. The average molecular weight is 448 g/mol. The molecule has 0 aromatic heterocycles. The Morgan fingerprint density at radius 3 is 2.50 bits per heavy atom. The normalized spacial score (nSPS) is 14.3. The largest absolute Gasteiger partial charge is 0.368 e. The second-order valence-corrected chi connectivity index (χ2v) is 7.94. The van der Waals surface area contributed by atoms with Crippen molar-refractivity contribution in [2.24, 2.45) is 0 Å². The molecule has 1 saturated heterocycles. The lowest BCUT2D eigenvalue weighted by molar-refractivity contribution is -0.385. The molecule has 1 fully saturated rings. The molecule has 0 spiro atoms. The predicted octanol–water partition coefficient (Wildman–Crippen LogP) is 3.44. The van der Waals surface area contributed by atoms with E-state index in [0.29, 0.717) is 16.3 Å². The molecule has 158 valence electrons. The third-order valence-corrected chi connectivity index (χ3v) is 5.45. The number of nitro benzene ring substituents is 1. The molecule has 0 bridgehead atoms. The molecule has 30 heavy (non-hydrogen) atoms. The van der Waals surface area contributed by atoms with Gasteiger partial charge in [0.05, 0.1) is 15.6 Å². The van der Waals surface area contributed by atoms with Gasteiger partial charge in [-0.15, -0.1) is 0 Å². The highest BCUT2D eigenvalue weighted by atomic mass is 35.5. The maximum atomic E-state index is 12.4. The van der Waals surface area contributed by atoms with E-state index in [0.717, 1.165) is 31.9 Å². The molecule has 0 unspecified atom stereocenters. The summed E-state index contributed by atoms with van der Waals surface area (Å²) in [5.74, 6) is -0.532. The Hall–Kier alpha value is -2.75. The summed E-state index contributed by atoms with van der Waals surface area (Å²) >= 11 is 11.7. The van der Waals surface area contributed by atoms with E-state index < -0.39 is 10.8 Å². The number of piperazine rings is 1. The molecule has 10 heteroatoms. The molecule has 3 rings (SSSR count). The molecule has 8 nitrogen and oxygen atoms in total. The molecular formula is C20H22ClN5O3S. The van der Waals surface area contributed by atoms with Crippen molar-refractivity contribution in [2.75, 3.05) is 43.4 Å². The number of hydrogen-bond acceptors (Lipinski definition) is 6. The van der Waals surface area contributed by atoms with Crippen LogP contribution >= 0.6 is 23.8 Å². The number of likely N-dealkylation sites (N-methyl/N-ethyl adjacent to an activating group) is 1. The van der Waals surface area contributed by atoms with Crippen molar-refractivity contribution in [2.45, 2.75) is 6.92 Å². The molecule has 0 atom stereocenters. The molecule has 1 heterocycles. The fourth-order valence-electron chi connectivity index (χ4n) is 3.17. The minimum atomic E-state index is -0.532. The second-order valence-electron chi connectivity index (χ2n) is 7.12. The molecule has 2 aromatic carbocycles. The van der Waals surface area contributed by atoms with Gasteiger partial charge in [-0.2, -0.15) is 0 Å². The molecule has 0 saturated carbocycles. The SMILES string of the molecule is Cc1ccc(C(=O)NC(=S)Nc2ccc(N3CCN(C)CC3)c(Cl)c2)cc1[N+](=O)[O-]. The number of carbonyl (C=O) groups excluding carboxylic acids is 1. The number of nitrogens with zero attached hydrogens (tertiary/aromatic N) is 3. The summed E-state index contributed by atoms with van der Waals surface area (Å²) in [5.41, 5.74) is 2.11. The average Bonchev–Trinajstić information content (AvgIpc) is 2.69. The van der Waals surface area contributed by atoms with E-state index in [1.54, 1.807) is 13.0 Å². The lowest BCUT2D eigenvalue weighted by Crippen LogP contribution is -2.44. The van der Waals surface area contributed by atoms with Crippen LogP contribution < -0.4 is 15.5 Å². The minimum Gasteiger partial charge on any atom is -0.368 e. The van der Waals surface area contributed by atoms with Crippen LogP contribution in [0.15, 0.2) is 36.4 Å². The van der Waals surface area contributed by atoms with Gasteiger partial charge in [0.15, 0.2) is 5.11 Å². The molecule has 0 radical (unpaired) electrons. The van der Waals surface area contributed by atoms with E-state index in [-0.39, 0.29) is 16.4 Å². The van der Waals surface area contributed by atoms with E-state index in [9.17, 15) is 14.9 Å². The number of aryl methyl sites for hydroxylation is 1. The number of carbonyl (C=O) groups is 1. The summed E-state index contributed by atoms with van der Waals surface area (Å²) in [7, 11) is 2.09. The smallest absolute Gasteiger partial charge is 0.273 e. The number of thiocarbonyl (C=S) groups is 1. The molecule has 2 aromatic rings. The van der Waals surface area contributed by atoms with E-state index in [2.05, 4.69) is 27.5 Å². The summed E-state index contributed by atoms with van der Waals surface area (Å²) in [6.07, 6.45) is 0. The van der Waals surface area contributed by atoms with Crippen molar-refractivity contribution in [3.63, 3.8) is 0 Å². The first kappa shape index (κ1) is 21.9. The van der Waals surface area contributed by atoms with Gasteiger partial charge in [0.1, 0.15) is 0 Å². The quantitative estimate of drug-likeness (QED) is 0.421. The Morgan fingerprint density at radius 2 is 1.87 bits per heavy atom. The summed E-state index contributed by atoms with van der Waals surface area (Å²) in [4.78, 5) is 27.4. The fraction of sp³-hybridized carbons (Fsp3) is 0.300. The second kappa shape index (κ2) is 9.38. The Kier molecular flexibility index (Phi) is 6.86. The van der Waals surface area contributed by atoms with Gasteiger partial charge in [-0.3, -0.25) is 20.2 Å². The van der Waals surface area contributed by atoms with Crippen LogP contribution in [0.4, 0.5) is 17.1 Å². The standard InChI is InChI=1S/C20H22ClN5O3S/c1-13-3-4-14(11-18(13)26(28)29)19(27)23-20(30)22-15-5-6-17(16(21)12-15)25-9-7-24(2)8-10-25/h3-6,11-12H,7-10H2,1-2H3,(H2,22,23,27,30). The van der Waals surface area contributed by atoms with E-state index in [1.165, 1.54) is 18.2 Å². The molecule has 1 aliphatic rings. The van der Waals surface area contributed by atoms with Crippen LogP contribution in [0, 0.1) is 17.0 Å². The summed E-state index contributed by atoms with van der Waals surface area (Å²) in [6, 6.07) is 9.79. The van der Waals surface area contributed by atoms with Gasteiger partial charge in [-0.05, 0) is 50.5 Å². The van der Waals surface area contributed by atoms with Crippen LogP contribution in [0.2, 0.25) is 5.02 Å². The van der Waals surface area contributed by atoms with Gasteiger partial charge in [0.25, 0.3) is 11.6 Å². The first-order chi connectivity index (χ1) is 14.2. The third kappa shape index (κ3) is 5.24. The van der Waals surface area contributed by atoms with Crippen LogP contribution in [0.3, 0.4) is 0 Å². The molecule has 1 aliphatic heterocycles. The highest BCUT2D eigenvalue weighted by molar-refractivity contribution is 7.80. The van der Waals surface area contributed by atoms with Crippen molar-refractivity contribution in [3.8, 4) is 0 Å². The van der Waals surface area contributed by atoms with E-state index >= 15 is 0 Å². The minimum absolute atomic E-state index is 0.0756. The van der Waals surface area contributed by atoms with Crippen LogP contribution in [-0.2, 0) is 0 Å². The van der Waals surface area contributed by atoms with Gasteiger partial charge < -0.3 is 15.1 Å². The molecule has 2 N–H and O–H groups in total. The fourth-order valence-corrected chi connectivity index (χ4v) is 3.68. The highest BCUT2D eigenvalue weighted by Gasteiger charge is 2.18. The van der Waals surface area contributed by atoms with E-state index in [1.807, 2.05) is 12.1 Å². The first-order valence-corrected chi connectivity index (χ1v) is 10.1. The number of nitrogens with one attached hydrogen (secondary N) is 2. The predicted molar refractivity (Wildman–Crippen MR) is 123 cm³/mol. The third-order valence-electron chi connectivity index (χ3n) is 4.94. The van der Waals surface area contributed by atoms with Gasteiger partial charge in [-0.25, -0.2) is 0 Å². The number of amides is 1. The monoisotopic (exact) mass is 447 g/mol. The highest BCUT2D eigenvalue weighted by Crippen LogP contribution is 2.29. The maximum absolute atomic E-state index is 12.4. The molecular weight excluding hydrogens is 426 g/mol. The zero-order valence-corrected chi connectivity index (χ0v) is 18.2. The topological polar surface area (TPSA) is 90.8 Å². The van der Waals surface area contributed by atoms with Gasteiger partial charge in [0.2, 0.25) is 0 Å². The number of halogens is 1. The first-order valence-electron chi connectivity index (χ1n) is 9.35. The lowest BCUT2D eigenvalue weighted by Gasteiger charge is -2.34. The Morgan fingerprint density at radius 1 is 1.17 bits per heavy atom. The Bertz CT molecular complexity index is 992. The lowest BCUT2D eigenvalue weighted by atomic mass is 10.1. The molecule has 1 amide bonds. The number of nitro groups is 1. The number of rotatable bonds is 4. The van der Waals surface area contributed by atoms with Crippen LogP contribution in [0.1, 0.15) is 15.9 Å². The number of benzene rings is 2. The van der Waals surface area contributed by atoms with Gasteiger partial charge in [0, 0.05) is 49.1 Å². The zero-order valence-electron chi connectivity index (χ0n) is 16.6. The van der Waals surface area contributed by atoms with Crippen molar-refractivity contribution < 1.29 is 9.72 Å². The summed E-state index contributed by atoms with van der Waals surface area (Å²) < 4.78 is 0. The Balaban J connectivity index is 1.63.